The summed E-state index contributed by atoms with van der Waals surface area (Å²) in [5, 5.41) is 3.25. The quantitative estimate of drug-likeness (QED) is 0.716. The Kier molecular flexibility index (Phi) is 4.76. The van der Waals surface area contributed by atoms with Gasteiger partial charge in [0.2, 0.25) is 17.4 Å². The number of pyridine rings is 1. The Morgan fingerprint density at radius 2 is 1.96 bits per heavy atom. The second-order valence-electron chi connectivity index (χ2n) is 5.73. The molecule has 0 atom stereocenters. The van der Waals surface area contributed by atoms with Crippen LogP contribution in [0.5, 0.6) is 0 Å². The third-order valence-electron chi connectivity index (χ3n) is 3.66. The second kappa shape index (κ2) is 7.14. The predicted octanol–water partition coefficient (Wildman–Crippen LogP) is 2.00. The van der Waals surface area contributed by atoms with E-state index in [1.807, 2.05) is 42.3 Å². The van der Waals surface area contributed by atoms with Crippen molar-refractivity contribution in [2.75, 3.05) is 18.9 Å². The highest BCUT2D eigenvalue weighted by atomic mass is 16.4. The highest BCUT2D eigenvalue weighted by Crippen LogP contribution is 2.29. The lowest BCUT2D eigenvalue weighted by Gasteiger charge is -2.16. The zero-order valence-electron chi connectivity index (χ0n) is 13.7. The number of anilines is 1. The molecule has 0 radical (unpaired) electrons. The number of hydrogen-bond acceptors (Lipinski definition) is 5. The minimum atomic E-state index is -0.758. The van der Waals surface area contributed by atoms with Gasteiger partial charge in [-0.2, -0.15) is 0 Å². The number of furan rings is 1. The summed E-state index contributed by atoms with van der Waals surface area (Å²) in [5.41, 5.74) is 6.95. The van der Waals surface area contributed by atoms with Crippen molar-refractivity contribution >= 4 is 28.6 Å². The number of hydrogen-bond donors (Lipinski definition) is 2. The fourth-order valence-corrected chi connectivity index (χ4v) is 2.61. The molecule has 0 bridgehead atoms. The van der Waals surface area contributed by atoms with Gasteiger partial charge in [0.25, 0.3) is 5.91 Å². The van der Waals surface area contributed by atoms with Gasteiger partial charge in [-0.05, 0) is 24.7 Å². The number of amides is 2. The van der Waals surface area contributed by atoms with Crippen molar-refractivity contribution in [2.24, 2.45) is 5.73 Å². The van der Waals surface area contributed by atoms with Crippen molar-refractivity contribution in [3.8, 4) is 0 Å². The number of nitrogens with one attached hydrogen (secondary N) is 1. The van der Waals surface area contributed by atoms with Crippen LogP contribution in [0.2, 0.25) is 0 Å². The number of carbonyl (C=O) groups is 2. The Bertz CT molecular complexity index is 905. The lowest BCUT2D eigenvalue weighted by atomic mass is 10.2. The molecular formula is C18H18N4O3. The van der Waals surface area contributed by atoms with E-state index in [0.29, 0.717) is 11.9 Å². The first-order valence-electron chi connectivity index (χ1n) is 7.74. The molecule has 0 saturated carbocycles. The molecule has 25 heavy (non-hydrogen) atoms. The van der Waals surface area contributed by atoms with Crippen LogP contribution in [0, 0.1) is 0 Å². The van der Waals surface area contributed by atoms with Crippen molar-refractivity contribution in [3.05, 3.63) is 60.0 Å². The molecule has 0 aliphatic rings. The minimum Gasteiger partial charge on any atom is -0.430 e. The highest BCUT2D eigenvalue weighted by Gasteiger charge is 2.21. The fourth-order valence-electron chi connectivity index (χ4n) is 2.61. The molecule has 0 aliphatic heterocycles. The molecule has 0 fully saturated rings. The fraction of sp³-hybridized carbons (Fsp3) is 0.167. The normalized spacial score (nSPS) is 11.0. The van der Waals surface area contributed by atoms with Crippen molar-refractivity contribution in [1.29, 1.82) is 0 Å². The van der Waals surface area contributed by atoms with E-state index in [9.17, 15) is 9.59 Å². The largest absolute Gasteiger partial charge is 0.430 e. The molecule has 7 nitrogen and oxygen atoms in total. The number of benzene rings is 1. The Balaban J connectivity index is 1.73. The van der Waals surface area contributed by atoms with Gasteiger partial charge in [0.1, 0.15) is 5.69 Å². The number of carbonyl (C=O) groups excluding carboxylic acids is 2. The van der Waals surface area contributed by atoms with Crippen LogP contribution in [0.4, 0.5) is 5.69 Å². The molecule has 2 amide bonds. The van der Waals surface area contributed by atoms with Crippen molar-refractivity contribution < 1.29 is 14.0 Å². The Labute approximate surface area is 144 Å². The number of likely N-dealkylation sites (N-methyl/N-ethyl adjacent to an activating group) is 1. The van der Waals surface area contributed by atoms with Gasteiger partial charge < -0.3 is 15.5 Å². The van der Waals surface area contributed by atoms with Gasteiger partial charge in [-0.25, -0.2) is 4.98 Å². The first kappa shape index (κ1) is 16.7. The third-order valence-corrected chi connectivity index (χ3v) is 3.66. The summed E-state index contributed by atoms with van der Waals surface area (Å²) in [4.78, 5) is 29.8. The average Bonchev–Trinajstić information content (AvgIpc) is 2.94. The smallest absolute Gasteiger partial charge is 0.286 e. The van der Waals surface area contributed by atoms with Gasteiger partial charge in [0, 0.05) is 12.7 Å². The van der Waals surface area contributed by atoms with Crippen LogP contribution < -0.4 is 11.1 Å². The van der Waals surface area contributed by atoms with E-state index in [1.165, 1.54) is 6.20 Å². The van der Waals surface area contributed by atoms with Crippen molar-refractivity contribution in [1.82, 2.24) is 9.88 Å². The van der Waals surface area contributed by atoms with Gasteiger partial charge in [-0.15, -0.1) is 0 Å². The van der Waals surface area contributed by atoms with Crippen LogP contribution >= 0.6 is 0 Å². The molecule has 0 unspecified atom stereocenters. The molecule has 0 spiro atoms. The minimum absolute atomic E-state index is 0.104. The van der Waals surface area contributed by atoms with E-state index in [-0.39, 0.29) is 29.6 Å². The Hall–Kier alpha value is -3.19. The molecule has 1 aromatic carbocycles. The van der Waals surface area contributed by atoms with Crippen LogP contribution in [0.15, 0.2) is 53.1 Å². The second-order valence-corrected chi connectivity index (χ2v) is 5.73. The molecule has 3 rings (SSSR count). The van der Waals surface area contributed by atoms with Crippen LogP contribution in [0.3, 0.4) is 0 Å². The van der Waals surface area contributed by atoms with E-state index in [2.05, 4.69) is 10.3 Å². The lowest BCUT2D eigenvalue weighted by molar-refractivity contribution is -0.117. The Morgan fingerprint density at radius 1 is 1.20 bits per heavy atom. The van der Waals surface area contributed by atoms with E-state index in [4.69, 9.17) is 10.2 Å². The number of rotatable bonds is 6. The summed E-state index contributed by atoms with van der Waals surface area (Å²) in [6.45, 7) is 0.782. The number of nitrogens with zero attached hydrogens (tertiary/aromatic N) is 2. The van der Waals surface area contributed by atoms with E-state index in [1.54, 1.807) is 12.1 Å². The number of nitrogens with two attached hydrogens (primary N) is 1. The number of aromatic nitrogens is 1. The third kappa shape index (κ3) is 3.84. The molecule has 7 heteroatoms. The maximum atomic E-state index is 12.4. The number of primary amides is 1. The lowest BCUT2D eigenvalue weighted by Crippen LogP contribution is -2.30. The SMILES string of the molecule is CN(CC(=O)Nc1c(C(N)=O)oc2ncccc12)Cc1ccccc1. The maximum Gasteiger partial charge on any atom is 0.286 e. The Morgan fingerprint density at radius 3 is 2.68 bits per heavy atom. The van der Waals surface area contributed by atoms with Gasteiger partial charge in [0.05, 0.1) is 11.9 Å². The summed E-state index contributed by atoms with van der Waals surface area (Å²) < 4.78 is 5.35. The van der Waals surface area contributed by atoms with Gasteiger partial charge in [-0.1, -0.05) is 30.3 Å². The highest BCUT2D eigenvalue weighted by molar-refractivity contribution is 6.10. The average molecular weight is 338 g/mol. The van der Waals surface area contributed by atoms with Crippen LogP contribution in [0.25, 0.3) is 11.1 Å². The standard InChI is InChI=1S/C18H18N4O3/c1-22(10-12-6-3-2-4-7-12)11-14(23)21-15-13-8-5-9-20-18(13)25-16(15)17(19)24/h2-9H,10-11H2,1H3,(H2,19,24)(H,21,23). The van der Waals surface area contributed by atoms with Crippen LogP contribution in [0.1, 0.15) is 16.1 Å². The molecule has 0 saturated heterocycles. The molecular weight excluding hydrogens is 320 g/mol. The zero-order valence-corrected chi connectivity index (χ0v) is 13.7. The summed E-state index contributed by atoms with van der Waals surface area (Å²) >= 11 is 0. The van der Waals surface area contributed by atoms with E-state index >= 15 is 0 Å². The van der Waals surface area contributed by atoms with Gasteiger partial charge in [0.15, 0.2) is 0 Å². The summed E-state index contributed by atoms with van der Waals surface area (Å²) in [5.74, 6) is -1.13. The van der Waals surface area contributed by atoms with Crippen LogP contribution in [-0.2, 0) is 11.3 Å². The zero-order chi connectivity index (χ0) is 17.8. The molecule has 2 aromatic heterocycles. The monoisotopic (exact) mass is 338 g/mol. The molecule has 0 aliphatic carbocycles. The van der Waals surface area contributed by atoms with Crippen molar-refractivity contribution in [3.63, 3.8) is 0 Å². The topological polar surface area (TPSA) is 101 Å². The molecule has 128 valence electrons. The van der Waals surface area contributed by atoms with E-state index < -0.39 is 5.91 Å². The van der Waals surface area contributed by atoms with E-state index in [0.717, 1.165) is 5.56 Å². The summed E-state index contributed by atoms with van der Waals surface area (Å²) in [6.07, 6.45) is 1.54. The summed E-state index contributed by atoms with van der Waals surface area (Å²) in [6, 6.07) is 13.2. The molecule has 2 heterocycles. The van der Waals surface area contributed by atoms with Gasteiger partial charge in [-0.3, -0.25) is 14.5 Å². The molecule has 3 N–H and O–H groups in total. The summed E-state index contributed by atoms with van der Waals surface area (Å²) in [7, 11) is 1.84. The van der Waals surface area contributed by atoms with Crippen LogP contribution in [-0.4, -0.2) is 35.3 Å². The first-order chi connectivity index (χ1) is 12.0. The molecule has 3 aromatic rings. The first-order valence-corrected chi connectivity index (χ1v) is 7.74. The van der Waals surface area contributed by atoms with Crippen molar-refractivity contribution in [2.45, 2.75) is 6.54 Å². The number of fused-ring (bicyclic) bond motifs is 1. The maximum absolute atomic E-state index is 12.4. The predicted molar refractivity (Wildman–Crippen MR) is 93.9 cm³/mol. The van der Waals surface area contributed by atoms with Gasteiger partial charge >= 0.3 is 0 Å².